The Hall–Kier alpha value is -1.89. The summed E-state index contributed by atoms with van der Waals surface area (Å²) in [6.45, 7) is 4.08. The maximum Gasteiger partial charge on any atom is 0.150 e. The lowest BCUT2D eigenvalue weighted by molar-refractivity contribution is 0.112. The van der Waals surface area contributed by atoms with Gasteiger partial charge in [-0.2, -0.15) is 0 Å². The summed E-state index contributed by atoms with van der Waals surface area (Å²) in [5, 5.41) is 0. The van der Waals surface area contributed by atoms with Crippen molar-refractivity contribution < 1.29 is 4.79 Å². The van der Waals surface area contributed by atoms with Gasteiger partial charge in [0.15, 0.2) is 0 Å². The first-order valence-electron chi connectivity index (χ1n) is 5.33. The maximum atomic E-state index is 10.8. The number of hydrogen-bond acceptors (Lipinski definition) is 1. The molecule has 0 unspecified atom stereocenters. The van der Waals surface area contributed by atoms with Gasteiger partial charge in [0.25, 0.3) is 0 Å². The van der Waals surface area contributed by atoms with E-state index in [0.29, 0.717) is 0 Å². The third-order valence-corrected chi connectivity index (χ3v) is 2.59. The topological polar surface area (TPSA) is 17.1 Å². The van der Waals surface area contributed by atoms with Crippen LogP contribution in [0.25, 0.3) is 11.1 Å². The molecule has 0 amide bonds. The monoisotopic (exact) mass is 210 g/mol. The van der Waals surface area contributed by atoms with Gasteiger partial charge in [-0.15, -0.1) is 0 Å². The van der Waals surface area contributed by atoms with Crippen LogP contribution >= 0.6 is 0 Å². The standard InChI is InChI=1S/C15H14O/c1-11-4-3-5-14(7-11)15-8-12(2)6-13(9-15)10-16/h3-10H,1-2H3. The van der Waals surface area contributed by atoms with Gasteiger partial charge in [-0.3, -0.25) is 4.79 Å². The second-order valence-electron chi connectivity index (χ2n) is 4.12. The molecule has 0 atom stereocenters. The van der Waals surface area contributed by atoms with Crippen LogP contribution < -0.4 is 0 Å². The van der Waals surface area contributed by atoms with Crippen LogP contribution in [0, 0.1) is 13.8 Å². The molecule has 16 heavy (non-hydrogen) atoms. The summed E-state index contributed by atoms with van der Waals surface area (Å²) in [7, 11) is 0. The van der Waals surface area contributed by atoms with Crippen LogP contribution in [0.1, 0.15) is 21.5 Å². The number of carbonyl (C=O) groups excluding carboxylic acids is 1. The number of carbonyl (C=O) groups is 1. The highest BCUT2D eigenvalue weighted by atomic mass is 16.1. The molecule has 1 heteroatoms. The number of aldehydes is 1. The number of rotatable bonds is 2. The SMILES string of the molecule is Cc1cccc(-c2cc(C)cc(C=O)c2)c1. The van der Waals surface area contributed by atoms with Crippen LogP contribution in [0.4, 0.5) is 0 Å². The second kappa shape index (κ2) is 4.31. The minimum absolute atomic E-state index is 0.733. The Morgan fingerprint density at radius 3 is 2.31 bits per heavy atom. The Morgan fingerprint density at radius 1 is 0.875 bits per heavy atom. The van der Waals surface area contributed by atoms with Crippen LogP contribution in [0.3, 0.4) is 0 Å². The smallest absolute Gasteiger partial charge is 0.150 e. The van der Waals surface area contributed by atoms with E-state index in [2.05, 4.69) is 31.2 Å². The van der Waals surface area contributed by atoms with Gasteiger partial charge in [-0.25, -0.2) is 0 Å². The molecule has 0 aliphatic heterocycles. The first-order chi connectivity index (χ1) is 7.69. The number of benzene rings is 2. The summed E-state index contributed by atoms with van der Waals surface area (Å²) >= 11 is 0. The molecule has 0 fully saturated rings. The zero-order valence-electron chi connectivity index (χ0n) is 9.53. The van der Waals surface area contributed by atoms with Crippen LogP contribution in [-0.2, 0) is 0 Å². The summed E-state index contributed by atoms with van der Waals surface area (Å²) in [6, 6.07) is 14.2. The lowest BCUT2D eigenvalue weighted by atomic mass is 9.99. The van der Waals surface area contributed by atoms with Gasteiger partial charge in [0.2, 0.25) is 0 Å². The molecule has 2 aromatic rings. The molecule has 0 radical (unpaired) electrons. The summed E-state index contributed by atoms with van der Waals surface area (Å²) in [5.74, 6) is 0. The minimum Gasteiger partial charge on any atom is -0.298 e. The molecule has 0 bridgehead atoms. The third-order valence-electron chi connectivity index (χ3n) is 2.59. The zero-order chi connectivity index (χ0) is 11.5. The summed E-state index contributed by atoms with van der Waals surface area (Å²) in [4.78, 5) is 10.8. The Bertz CT molecular complexity index is 527. The fourth-order valence-corrected chi connectivity index (χ4v) is 1.87. The molecule has 0 aliphatic carbocycles. The lowest BCUT2D eigenvalue weighted by Crippen LogP contribution is -1.86. The van der Waals surface area contributed by atoms with Gasteiger partial charge in [0, 0.05) is 5.56 Å². The average Bonchev–Trinajstić information content (AvgIpc) is 2.28. The van der Waals surface area contributed by atoms with E-state index in [-0.39, 0.29) is 0 Å². The molecule has 0 spiro atoms. The molecule has 0 saturated heterocycles. The Balaban J connectivity index is 2.55. The van der Waals surface area contributed by atoms with Crippen molar-refractivity contribution in [1.29, 1.82) is 0 Å². The molecular weight excluding hydrogens is 196 g/mol. The van der Waals surface area contributed by atoms with Gasteiger partial charge < -0.3 is 0 Å². The predicted octanol–water partition coefficient (Wildman–Crippen LogP) is 3.78. The highest BCUT2D eigenvalue weighted by molar-refractivity contribution is 5.79. The summed E-state index contributed by atoms with van der Waals surface area (Å²) in [6.07, 6.45) is 0.895. The van der Waals surface area contributed by atoms with Crippen molar-refractivity contribution in [2.24, 2.45) is 0 Å². The highest BCUT2D eigenvalue weighted by Gasteiger charge is 2.01. The maximum absolute atomic E-state index is 10.8. The fourth-order valence-electron chi connectivity index (χ4n) is 1.87. The van der Waals surface area contributed by atoms with E-state index in [4.69, 9.17) is 0 Å². The predicted molar refractivity (Wildman–Crippen MR) is 66.7 cm³/mol. The van der Waals surface area contributed by atoms with Gasteiger partial charge in [0.1, 0.15) is 6.29 Å². The lowest BCUT2D eigenvalue weighted by Gasteiger charge is -2.05. The van der Waals surface area contributed by atoms with E-state index in [1.54, 1.807) is 0 Å². The number of aryl methyl sites for hydroxylation is 2. The van der Waals surface area contributed by atoms with Gasteiger partial charge >= 0.3 is 0 Å². The zero-order valence-corrected chi connectivity index (χ0v) is 9.53. The molecule has 0 saturated carbocycles. The average molecular weight is 210 g/mol. The minimum atomic E-state index is 0.733. The first-order valence-corrected chi connectivity index (χ1v) is 5.33. The fraction of sp³-hybridized carbons (Fsp3) is 0.133. The Labute approximate surface area is 95.7 Å². The Kier molecular flexibility index (Phi) is 2.86. The molecule has 2 aromatic carbocycles. The van der Waals surface area contributed by atoms with Crippen LogP contribution in [0.5, 0.6) is 0 Å². The quantitative estimate of drug-likeness (QED) is 0.689. The molecular formula is C15H14O. The van der Waals surface area contributed by atoms with Crippen LogP contribution in [-0.4, -0.2) is 6.29 Å². The normalized spacial score (nSPS) is 10.1. The molecule has 1 nitrogen and oxygen atoms in total. The van der Waals surface area contributed by atoms with Crippen molar-refractivity contribution in [3.8, 4) is 11.1 Å². The summed E-state index contributed by atoms with van der Waals surface area (Å²) in [5.41, 5.74) is 5.34. The van der Waals surface area contributed by atoms with Crippen molar-refractivity contribution in [1.82, 2.24) is 0 Å². The second-order valence-corrected chi connectivity index (χ2v) is 4.12. The molecule has 2 rings (SSSR count). The number of hydrogen-bond donors (Lipinski definition) is 0. The molecule has 0 aromatic heterocycles. The van der Waals surface area contributed by atoms with Gasteiger partial charge in [0.05, 0.1) is 0 Å². The highest BCUT2D eigenvalue weighted by Crippen LogP contribution is 2.22. The van der Waals surface area contributed by atoms with E-state index >= 15 is 0 Å². The van der Waals surface area contributed by atoms with Crippen molar-refractivity contribution in [3.05, 3.63) is 59.2 Å². The third kappa shape index (κ3) is 2.19. The van der Waals surface area contributed by atoms with E-state index in [0.717, 1.165) is 28.5 Å². The molecule has 0 heterocycles. The van der Waals surface area contributed by atoms with E-state index < -0.39 is 0 Å². The van der Waals surface area contributed by atoms with Crippen LogP contribution in [0.15, 0.2) is 42.5 Å². The summed E-state index contributed by atoms with van der Waals surface area (Å²) < 4.78 is 0. The van der Waals surface area contributed by atoms with Crippen molar-refractivity contribution in [2.45, 2.75) is 13.8 Å². The van der Waals surface area contributed by atoms with Gasteiger partial charge in [-0.1, -0.05) is 35.9 Å². The first kappa shape index (κ1) is 10.6. The molecule has 0 aliphatic rings. The van der Waals surface area contributed by atoms with Crippen molar-refractivity contribution >= 4 is 6.29 Å². The van der Waals surface area contributed by atoms with Crippen LogP contribution in [0.2, 0.25) is 0 Å². The molecule has 0 N–H and O–H groups in total. The van der Waals surface area contributed by atoms with Gasteiger partial charge in [-0.05, 0) is 42.7 Å². The Morgan fingerprint density at radius 2 is 1.62 bits per heavy atom. The largest absolute Gasteiger partial charge is 0.298 e. The van der Waals surface area contributed by atoms with Crippen molar-refractivity contribution in [3.63, 3.8) is 0 Å². The van der Waals surface area contributed by atoms with E-state index in [1.807, 2.05) is 25.1 Å². The van der Waals surface area contributed by atoms with E-state index in [1.165, 1.54) is 5.56 Å². The molecule has 80 valence electrons. The van der Waals surface area contributed by atoms with Crippen molar-refractivity contribution in [2.75, 3.05) is 0 Å². The van der Waals surface area contributed by atoms with E-state index in [9.17, 15) is 4.79 Å².